The molecular formula is C13H21N3. The van der Waals surface area contributed by atoms with E-state index >= 15 is 0 Å². The summed E-state index contributed by atoms with van der Waals surface area (Å²) in [6, 6.07) is 7.24. The molecule has 2 heterocycles. The van der Waals surface area contributed by atoms with E-state index in [1.807, 2.05) is 12.3 Å². The van der Waals surface area contributed by atoms with Gasteiger partial charge in [-0.05, 0) is 25.5 Å². The first kappa shape index (κ1) is 11.6. The van der Waals surface area contributed by atoms with Gasteiger partial charge < -0.3 is 5.32 Å². The summed E-state index contributed by atoms with van der Waals surface area (Å²) in [7, 11) is 0. The zero-order chi connectivity index (χ0) is 11.4. The lowest BCUT2D eigenvalue weighted by molar-refractivity contribution is 0.109. The summed E-state index contributed by atoms with van der Waals surface area (Å²) in [6.45, 7) is 7.84. The maximum absolute atomic E-state index is 4.46. The number of rotatable bonds is 3. The number of piperazine rings is 1. The van der Waals surface area contributed by atoms with Crippen molar-refractivity contribution in [2.45, 2.75) is 32.4 Å². The quantitative estimate of drug-likeness (QED) is 0.840. The van der Waals surface area contributed by atoms with Gasteiger partial charge in [0.25, 0.3) is 0 Å². The first-order valence-electron chi connectivity index (χ1n) is 6.20. The Hall–Kier alpha value is -0.930. The minimum absolute atomic E-state index is 0.424. The molecule has 1 aliphatic rings. The molecule has 1 N–H and O–H groups in total. The smallest absolute Gasteiger partial charge is 0.0572 e. The number of aromatic nitrogens is 1. The topological polar surface area (TPSA) is 28.2 Å². The number of nitrogens with zero attached hydrogens (tertiary/aromatic N) is 2. The normalized spacial score (nSPS) is 24.2. The van der Waals surface area contributed by atoms with E-state index in [-0.39, 0.29) is 0 Å². The summed E-state index contributed by atoms with van der Waals surface area (Å²) < 4.78 is 0. The average molecular weight is 219 g/mol. The molecule has 0 aliphatic carbocycles. The molecule has 3 nitrogen and oxygen atoms in total. The third-order valence-corrected chi connectivity index (χ3v) is 3.48. The van der Waals surface area contributed by atoms with Crippen molar-refractivity contribution in [1.29, 1.82) is 0 Å². The van der Waals surface area contributed by atoms with Crippen LogP contribution in [0.15, 0.2) is 24.4 Å². The molecule has 88 valence electrons. The van der Waals surface area contributed by atoms with Gasteiger partial charge >= 0.3 is 0 Å². The van der Waals surface area contributed by atoms with Crippen LogP contribution in [0.3, 0.4) is 0 Å². The lowest BCUT2D eigenvalue weighted by Crippen LogP contribution is -2.51. The molecule has 1 fully saturated rings. The van der Waals surface area contributed by atoms with Crippen LogP contribution in [0, 0.1) is 0 Å². The monoisotopic (exact) mass is 219 g/mol. The fraction of sp³-hybridized carbons (Fsp3) is 0.615. The van der Waals surface area contributed by atoms with Crippen molar-refractivity contribution in [2.24, 2.45) is 0 Å². The van der Waals surface area contributed by atoms with Crippen LogP contribution in [0.4, 0.5) is 0 Å². The third kappa shape index (κ3) is 2.42. The SMILES string of the molecule is CCC1CNCCN1C(C)c1ccccn1. The summed E-state index contributed by atoms with van der Waals surface area (Å²) in [5.74, 6) is 0. The molecule has 2 unspecified atom stereocenters. The Morgan fingerprint density at radius 2 is 2.44 bits per heavy atom. The predicted octanol–water partition coefficient (Wildman–Crippen LogP) is 1.83. The van der Waals surface area contributed by atoms with Crippen molar-refractivity contribution in [3.05, 3.63) is 30.1 Å². The molecule has 0 amide bonds. The van der Waals surface area contributed by atoms with Gasteiger partial charge in [-0.15, -0.1) is 0 Å². The van der Waals surface area contributed by atoms with Crippen LogP contribution in [-0.4, -0.2) is 35.6 Å². The van der Waals surface area contributed by atoms with E-state index in [1.54, 1.807) is 0 Å². The summed E-state index contributed by atoms with van der Waals surface area (Å²) in [4.78, 5) is 7.03. The Kier molecular flexibility index (Phi) is 3.91. The van der Waals surface area contributed by atoms with Gasteiger partial charge in [0.1, 0.15) is 0 Å². The van der Waals surface area contributed by atoms with Crippen LogP contribution in [-0.2, 0) is 0 Å². The first-order chi connectivity index (χ1) is 7.83. The Labute approximate surface area is 97.9 Å². The lowest BCUT2D eigenvalue weighted by Gasteiger charge is -2.39. The molecule has 2 atom stereocenters. The minimum atomic E-state index is 0.424. The van der Waals surface area contributed by atoms with Gasteiger partial charge in [0.05, 0.1) is 5.69 Å². The highest BCUT2D eigenvalue weighted by atomic mass is 15.2. The summed E-state index contributed by atoms with van der Waals surface area (Å²) in [5, 5.41) is 3.46. The number of nitrogens with one attached hydrogen (secondary N) is 1. The molecule has 0 saturated carbocycles. The molecule has 1 aromatic heterocycles. The highest BCUT2D eigenvalue weighted by Gasteiger charge is 2.26. The van der Waals surface area contributed by atoms with Crippen molar-refractivity contribution >= 4 is 0 Å². The second-order valence-electron chi connectivity index (χ2n) is 4.43. The number of hydrogen-bond donors (Lipinski definition) is 1. The molecule has 0 radical (unpaired) electrons. The maximum atomic E-state index is 4.46. The van der Waals surface area contributed by atoms with E-state index in [4.69, 9.17) is 0 Å². The zero-order valence-electron chi connectivity index (χ0n) is 10.2. The van der Waals surface area contributed by atoms with Gasteiger partial charge in [-0.3, -0.25) is 9.88 Å². The van der Waals surface area contributed by atoms with E-state index in [2.05, 4.69) is 41.2 Å². The highest BCUT2D eigenvalue weighted by Crippen LogP contribution is 2.22. The Balaban J connectivity index is 2.10. The largest absolute Gasteiger partial charge is 0.314 e. The maximum Gasteiger partial charge on any atom is 0.0572 e. The van der Waals surface area contributed by atoms with E-state index < -0.39 is 0 Å². The molecule has 0 spiro atoms. The van der Waals surface area contributed by atoms with Crippen LogP contribution in [0.1, 0.15) is 32.0 Å². The average Bonchev–Trinajstić information content (AvgIpc) is 2.39. The van der Waals surface area contributed by atoms with Gasteiger partial charge in [-0.25, -0.2) is 0 Å². The minimum Gasteiger partial charge on any atom is -0.314 e. The molecule has 1 saturated heterocycles. The molecule has 16 heavy (non-hydrogen) atoms. The van der Waals surface area contributed by atoms with Crippen LogP contribution in [0.25, 0.3) is 0 Å². The van der Waals surface area contributed by atoms with Crippen LogP contribution >= 0.6 is 0 Å². The second-order valence-corrected chi connectivity index (χ2v) is 4.43. The fourth-order valence-corrected chi connectivity index (χ4v) is 2.46. The molecular weight excluding hydrogens is 198 g/mol. The van der Waals surface area contributed by atoms with E-state index in [0.717, 1.165) is 19.6 Å². The van der Waals surface area contributed by atoms with Gasteiger partial charge in [-0.1, -0.05) is 13.0 Å². The zero-order valence-corrected chi connectivity index (χ0v) is 10.2. The first-order valence-corrected chi connectivity index (χ1v) is 6.20. The number of pyridine rings is 1. The molecule has 0 bridgehead atoms. The van der Waals surface area contributed by atoms with Crippen molar-refractivity contribution in [2.75, 3.05) is 19.6 Å². The summed E-state index contributed by atoms with van der Waals surface area (Å²) in [6.07, 6.45) is 3.08. The Morgan fingerprint density at radius 1 is 1.56 bits per heavy atom. The molecule has 2 rings (SSSR count). The molecule has 0 aromatic carbocycles. The van der Waals surface area contributed by atoms with Gasteiger partial charge in [0, 0.05) is 37.9 Å². The van der Waals surface area contributed by atoms with Gasteiger partial charge in [-0.2, -0.15) is 0 Å². The fourth-order valence-electron chi connectivity index (χ4n) is 2.46. The van der Waals surface area contributed by atoms with Crippen molar-refractivity contribution in [1.82, 2.24) is 15.2 Å². The van der Waals surface area contributed by atoms with Gasteiger partial charge in [0.2, 0.25) is 0 Å². The van der Waals surface area contributed by atoms with Crippen molar-refractivity contribution < 1.29 is 0 Å². The van der Waals surface area contributed by atoms with Crippen LogP contribution in [0.2, 0.25) is 0 Å². The van der Waals surface area contributed by atoms with Crippen LogP contribution in [0.5, 0.6) is 0 Å². The van der Waals surface area contributed by atoms with Crippen LogP contribution < -0.4 is 5.32 Å². The van der Waals surface area contributed by atoms with E-state index in [9.17, 15) is 0 Å². The van der Waals surface area contributed by atoms with Gasteiger partial charge in [0.15, 0.2) is 0 Å². The van der Waals surface area contributed by atoms with Crippen molar-refractivity contribution in [3.63, 3.8) is 0 Å². The van der Waals surface area contributed by atoms with E-state index in [0.29, 0.717) is 12.1 Å². The standard InChI is InChI=1S/C13H21N3/c1-3-12-10-14-8-9-16(12)11(2)13-6-4-5-7-15-13/h4-7,11-12,14H,3,8-10H2,1-2H3. The highest BCUT2D eigenvalue weighted by molar-refractivity contribution is 5.08. The van der Waals surface area contributed by atoms with E-state index in [1.165, 1.54) is 12.1 Å². The van der Waals surface area contributed by atoms with Crippen molar-refractivity contribution in [3.8, 4) is 0 Å². The predicted molar refractivity (Wildman–Crippen MR) is 66.3 cm³/mol. The summed E-state index contributed by atoms with van der Waals surface area (Å²) >= 11 is 0. The number of hydrogen-bond acceptors (Lipinski definition) is 3. The third-order valence-electron chi connectivity index (χ3n) is 3.48. The molecule has 1 aliphatic heterocycles. The lowest BCUT2D eigenvalue weighted by atomic mass is 10.1. The molecule has 1 aromatic rings. The summed E-state index contributed by atoms with van der Waals surface area (Å²) in [5.41, 5.74) is 1.18. The molecule has 3 heteroatoms. The Bertz CT molecular complexity index is 312. The Morgan fingerprint density at radius 3 is 3.12 bits per heavy atom. The second kappa shape index (κ2) is 5.41.